The van der Waals surface area contributed by atoms with E-state index in [9.17, 15) is 5.26 Å². The summed E-state index contributed by atoms with van der Waals surface area (Å²) in [6, 6.07) is 3.80. The monoisotopic (exact) mass is 242 g/mol. The maximum atomic E-state index is 9.20. The normalized spacial score (nSPS) is 11.2. The highest BCUT2D eigenvalue weighted by atomic mass is 15.4. The Labute approximate surface area is 105 Å². The molecule has 0 aliphatic rings. The molecule has 0 bridgehead atoms. The summed E-state index contributed by atoms with van der Waals surface area (Å²) in [5.41, 5.74) is 6.71. The average molecular weight is 242 g/mol. The van der Waals surface area contributed by atoms with E-state index in [1.165, 1.54) is 4.68 Å². The Morgan fingerprint density at radius 1 is 1.28 bits per heavy atom. The molecule has 0 amide bonds. The van der Waals surface area contributed by atoms with Crippen LogP contribution in [0.3, 0.4) is 0 Å². The van der Waals surface area contributed by atoms with Crippen LogP contribution < -0.4 is 5.73 Å². The molecule has 2 aromatic rings. The molecule has 0 unspecified atom stereocenters. The standard InChI is InChI=1S/C12H14N6/c1-12(2,3)9-8(7-13)10(14)18(17-9)11-15-5-4-6-16-11/h4-6H,14H2,1-3H3. The summed E-state index contributed by atoms with van der Waals surface area (Å²) in [4.78, 5) is 8.16. The zero-order valence-electron chi connectivity index (χ0n) is 10.5. The Bertz CT molecular complexity index is 600. The van der Waals surface area contributed by atoms with Gasteiger partial charge in [0.25, 0.3) is 5.95 Å². The predicted molar refractivity (Wildman–Crippen MR) is 67.0 cm³/mol. The van der Waals surface area contributed by atoms with Gasteiger partial charge in [0.05, 0.1) is 5.69 Å². The second-order valence-electron chi connectivity index (χ2n) is 4.93. The van der Waals surface area contributed by atoms with Gasteiger partial charge in [0.2, 0.25) is 0 Å². The van der Waals surface area contributed by atoms with E-state index in [2.05, 4.69) is 21.1 Å². The van der Waals surface area contributed by atoms with Gasteiger partial charge < -0.3 is 5.73 Å². The van der Waals surface area contributed by atoms with Crippen LogP contribution in [-0.2, 0) is 5.41 Å². The van der Waals surface area contributed by atoms with Crippen molar-refractivity contribution in [3.8, 4) is 12.0 Å². The molecule has 6 heteroatoms. The van der Waals surface area contributed by atoms with Gasteiger partial charge in [-0.1, -0.05) is 20.8 Å². The Morgan fingerprint density at radius 3 is 2.33 bits per heavy atom. The number of nitrogens with zero attached hydrogens (tertiary/aromatic N) is 5. The molecule has 0 aliphatic carbocycles. The second-order valence-corrected chi connectivity index (χ2v) is 4.93. The molecule has 18 heavy (non-hydrogen) atoms. The minimum Gasteiger partial charge on any atom is -0.382 e. The molecule has 0 radical (unpaired) electrons. The topological polar surface area (TPSA) is 93.4 Å². The highest BCUT2D eigenvalue weighted by Gasteiger charge is 2.26. The third kappa shape index (κ3) is 1.91. The van der Waals surface area contributed by atoms with Crippen LogP contribution in [0.1, 0.15) is 32.0 Å². The molecular formula is C12H14N6. The summed E-state index contributed by atoms with van der Waals surface area (Å²) in [6.07, 6.45) is 3.21. The molecule has 2 aromatic heterocycles. The van der Waals surface area contributed by atoms with Gasteiger partial charge >= 0.3 is 0 Å². The fraction of sp³-hybridized carbons (Fsp3) is 0.333. The quantitative estimate of drug-likeness (QED) is 0.816. The molecule has 0 aliphatic heterocycles. The Kier molecular flexibility index (Phi) is 2.75. The molecule has 0 fully saturated rings. The highest BCUT2D eigenvalue weighted by molar-refractivity contribution is 5.56. The van der Waals surface area contributed by atoms with E-state index < -0.39 is 0 Å². The van der Waals surface area contributed by atoms with E-state index in [0.29, 0.717) is 17.2 Å². The fourth-order valence-corrected chi connectivity index (χ4v) is 1.62. The number of nitrogens with two attached hydrogens (primary N) is 1. The minimum absolute atomic E-state index is 0.265. The van der Waals surface area contributed by atoms with E-state index in [1.54, 1.807) is 18.5 Å². The van der Waals surface area contributed by atoms with Crippen molar-refractivity contribution in [3.05, 3.63) is 29.7 Å². The lowest BCUT2D eigenvalue weighted by molar-refractivity contribution is 0.557. The largest absolute Gasteiger partial charge is 0.382 e. The first-order valence-electron chi connectivity index (χ1n) is 5.51. The zero-order valence-corrected chi connectivity index (χ0v) is 10.5. The van der Waals surface area contributed by atoms with Gasteiger partial charge in [-0.25, -0.2) is 9.97 Å². The molecule has 0 spiro atoms. The van der Waals surface area contributed by atoms with Crippen LogP contribution in [0.4, 0.5) is 5.82 Å². The molecule has 0 atom stereocenters. The number of nitrogen functional groups attached to an aromatic ring is 1. The van der Waals surface area contributed by atoms with Crippen molar-refractivity contribution in [3.63, 3.8) is 0 Å². The number of rotatable bonds is 1. The van der Waals surface area contributed by atoms with Crippen LogP contribution in [0, 0.1) is 11.3 Å². The number of anilines is 1. The smallest absolute Gasteiger partial charge is 0.252 e. The van der Waals surface area contributed by atoms with Gasteiger partial charge in [0, 0.05) is 17.8 Å². The van der Waals surface area contributed by atoms with E-state index >= 15 is 0 Å². The van der Waals surface area contributed by atoms with Crippen LogP contribution >= 0.6 is 0 Å². The third-order valence-electron chi connectivity index (χ3n) is 2.48. The first kappa shape index (κ1) is 12.0. The number of aromatic nitrogens is 4. The molecule has 6 nitrogen and oxygen atoms in total. The van der Waals surface area contributed by atoms with E-state index in [4.69, 9.17) is 5.73 Å². The summed E-state index contributed by atoms with van der Waals surface area (Å²) in [7, 11) is 0. The van der Waals surface area contributed by atoms with Gasteiger partial charge in [-0.2, -0.15) is 15.0 Å². The van der Waals surface area contributed by atoms with E-state index in [1.807, 2.05) is 20.8 Å². The molecular weight excluding hydrogens is 228 g/mol. The Morgan fingerprint density at radius 2 is 1.89 bits per heavy atom. The lowest BCUT2D eigenvalue weighted by Gasteiger charge is -2.14. The van der Waals surface area contributed by atoms with E-state index in [0.717, 1.165) is 0 Å². The van der Waals surface area contributed by atoms with Crippen molar-refractivity contribution < 1.29 is 0 Å². The molecule has 92 valence electrons. The molecule has 0 saturated heterocycles. The van der Waals surface area contributed by atoms with Crippen molar-refractivity contribution in [2.45, 2.75) is 26.2 Å². The summed E-state index contributed by atoms with van der Waals surface area (Å²) in [5, 5.41) is 13.6. The summed E-state index contributed by atoms with van der Waals surface area (Å²) in [5.74, 6) is 0.635. The van der Waals surface area contributed by atoms with Crippen LogP contribution in [0.15, 0.2) is 18.5 Å². The molecule has 2 N–H and O–H groups in total. The number of hydrogen-bond donors (Lipinski definition) is 1. The van der Waals surface area contributed by atoms with Gasteiger partial charge in [-0.15, -0.1) is 0 Å². The zero-order chi connectivity index (χ0) is 13.3. The van der Waals surface area contributed by atoms with Crippen molar-refractivity contribution in [2.75, 3.05) is 5.73 Å². The van der Waals surface area contributed by atoms with Crippen molar-refractivity contribution in [2.24, 2.45) is 0 Å². The maximum absolute atomic E-state index is 9.20. The highest BCUT2D eigenvalue weighted by Crippen LogP contribution is 2.28. The first-order chi connectivity index (χ1) is 8.45. The predicted octanol–water partition coefficient (Wildman–Crippen LogP) is 1.41. The molecule has 2 rings (SSSR count). The molecule has 0 aromatic carbocycles. The van der Waals surface area contributed by atoms with Crippen molar-refractivity contribution in [1.82, 2.24) is 19.7 Å². The van der Waals surface area contributed by atoms with E-state index in [-0.39, 0.29) is 11.2 Å². The van der Waals surface area contributed by atoms with Gasteiger partial charge in [0.1, 0.15) is 17.5 Å². The second kappa shape index (κ2) is 4.11. The third-order valence-corrected chi connectivity index (χ3v) is 2.48. The average Bonchev–Trinajstić information content (AvgIpc) is 2.67. The van der Waals surface area contributed by atoms with Gasteiger partial charge in [0.15, 0.2) is 0 Å². The lowest BCUT2D eigenvalue weighted by atomic mass is 9.90. The summed E-state index contributed by atoms with van der Waals surface area (Å²) < 4.78 is 1.40. The molecule has 0 saturated carbocycles. The number of hydrogen-bond acceptors (Lipinski definition) is 5. The summed E-state index contributed by atoms with van der Waals surface area (Å²) in [6.45, 7) is 5.93. The fourth-order valence-electron chi connectivity index (χ4n) is 1.62. The minimum atomic E-state index is -0.265. The van der Waals surface area contributed by atoms with Crippen molar-refractivity contribution >= 4 is 5.82 Å². The SMILES string of the molecule is CC(C)(C)c1nn(-c2ncccn2)c(N)c1C#N. The molecule has 2 heterocycles. The Balaban J connectivity index is 2.66. The van der Waals surface area contributed by atoms with Crippen LogP contribution in [0.5, 0.6) is 0 Å². The van der Waals surface area contributed by atoms with Crippen LogP contribution in [-0.4, -0.2) is 19.7 Å². The van der Waals surface area contributed by atoms with Crippen molar-refractivity contribution in [1.29, 1.82) is 5.26 Å². The van der Waals surface area contributed by atoms with Crippen LogP contribution in [0.25, 0.3) is 5.95 Å². The Hall–Kier alpha value is -2.42. The van der Waals surface area contributed by atoms with Gasteiger partial charge in [-0.05, 0) is 6.07 Å². The number of nitriles is 1. The lowest BCUT2D eigenvalue weighted by Crippen LogP contribution is -2.14. The summed E-state index contributed by atoms with van der Waals surface area (Å²) >= 11 is 0. The van der Waals surface area contributed by atoms with Crippen LogP contribution in [0.2, 0.25) is 0 Å². The maximum Gasteiger partial charge on any atom is 0.252 e. The first-order valence-corrected chi connectivity index (χ1v) is 5.51. The van der Waals surface area contributed by atoms with Gasteiger partial charge in [-0.3, -0.25) is 0 Å².